The van der Waals surface area contributed by atoms with E-state index in [1.807, 2.05) is 13.0 Å². The van der Waals surface area contributed by atoms with Gasteiger partial charge in [0.1, 0.15) is 11.6 Å². The molecule has 176 valence electrons. The van der Waals surface area contributed by atoms with E-state index in [2.05, 4.69) is 20.5 Å². The fourth-order valence-electron chi connectivity index (χ4n) is 4.40. The lowest BCUT2D eigenvalue weighted by atomic mass is 9.98. The summed E-state index contributed by atoms with van der Waals surface area (Å²) in [6.07, 6.45) is 7.15. The van der Waals surface area contributed by atoms with E-state index in [0.717, 1.165) is 45.4 Å². The van der Waals surface area contributed by atoms with Crippen LogP contribution in [0.2, 0.25) is 0 Å². The Hall–Kier alpha value is -2.71. The van der Waals surface area contributed by atoms with Gasteiger partial charge < -0.3 is 37.8 Å². The van der Waals surface area contributed by atoms with Crippen LogP contribution in [-0.2, 0) is 0 Å². The number of hydrogen-bond acceptors (Lipinski definition) is 7. The number of nitrogens with one attached hydrogen (secondary N) is 2. The van der Waals surface area contributed by atoms with Crippen molar-refractivity contribution in [3.63, 3.8) is 0 Å². The molecule has 32 heavy (non-hydrogen) atoms. The smallest absolute Gasteiger partial charge is 0.144 e. The number of allylic oxidation sites excluding steroid dienone is 1. The van der Waals surface area contributed by atoms with Crippen LogP contribution in [0, 0.1) is 0 Å². The maximum absolute atomic E-state index is 10.2. The van der Waals surface area contributed by atoms with Gasteiger partial charge in [0.25, 0.3) is 0 Å². The van der Waals surface area contributed by atoms with Crippen LogP contribution in [0.5, 0.6) is 5.75 Å². The van der Waals surface area contributed by atoms with Gasteiger partial charge >= 0.3 is 0 Å². The Labute approximate surface area is 191 Å². The molecule has 0 spiro atoms. The number of phenolic OH excluding ortho intramolecular Hbond substituents is 1. The summed E-state index contributed by atoms with van der Waals surface area (Å²) in [5.74, 6) is 0.435. The molecule has 0 bridgehead atoms. The molecule has 2 fully saturated rings. The highest BCUT2D eigenvalue weighted by Crippen LogP contribution is 2.23. The van der Waals surface area contributed by atoms with E-state index in [1.165, 1.54) is 12.8 Å². The van der Waals surface area contributed by atoms with Crippen molar-refractivity contribution >= 4 is 11.5 Å². The quantitative estimate of drug-likeness (QED) is 0.204. The van der Waals surface area contributed by atoms with Gasteiger partial charge in [-0.25, -0.2) is 0 Å². The first-order valence-corrected chi connectivity index (χ1v) is 11.8. The first-order valence-electron chi connectivity index (χ1n) is 11.8. The minimum absolute atomic E-state index is 0.127. The highest BCUT2D eigenvalue weighted by Gasteiger charge is 2.26. The number of likely N-dealkylation sites (tertiary alicyclic amines) is 1. The number of hydrogen-bond donors (Lipinski definition) is 6. The summed E-state index contributed by atoms with van der Waals surface area (Å²) in [7, 11) is 0. The van der Waals surface area contributed by atoms with Crippen molar-refractivity contribution in [2.24, 2.45) is 22.2 Å². The SMILES string of the molecule is CCCN=C(N)/C(N)=C(/C=C(\N)c1ccccc1O)NC1CCN(C2CCNCC2)CC1. The van der Waals surface area contributed by atoms with Crippen LogP contribution in [-0.4, -0.2) is 60.6 Å². The van der Waals surface area contributed by atoms with Crippen molar-refractivity contribution in [3.05, 3.63) is 47.3 Å². The van der Waals surface area contributed by atoms with Gasteiger partial charge in [-0.05, 0) is 63.4 Å². The van der Waals surface area contributed by atoms with Gasteiger partial charge in [0.2, 0.25) is 0 Å². The Morgan fingerprint density at radius 2 is 1.84 bits per heavy atom. The molecular formula is C24H39N7O. The van der Waals surface area contributed by atoms with Crippen molar-refractivity contribution in [1.29, 1.82) is 0 Å². The number of rotatable bonds is 8. The number of piperidine rings is 2. The second kappa shape index (κ2) is 11.8. The summed E-state index contributed by atoms with van der Waals surface area (Å²) >= 11 is 0. The molecule has 8 heteroatoms. The molecule has 3 rings (SSSR count). The first-order chi connectivity index (χ1) is 15.5. The lowest BCUT2D eigenvalue weighted by Gasteiger charge is -2.40. The van der Waals surface area contributed by atoms with Gasteiger partial charge in [-0.2, -0.15) is 0 Å². The number of aliphatic imine (C=N–C) groups is 1. The molecule has 0 unspecified atom stereocenters. The summed E-state index contributed by atoms with van der Waals surface area (Å²) < 4.78 is 0. The molecule has 2 aliphatic heterocycles. The zero-order valence-corrected chi connectivity index (χ0v) is 19.2. The topological polar surface area (TPSA) is 138 Å². The molecule has 0 amide bonds. The average molecular weight is 442 g/mol. The van der Waals surface area contributed by atoms with E-state index in [-0.39, 0.29) is 11.8 Å². The zero-order chi connectivity index (χ0) is 22.9. The van der Waals surface area contributed by atoms with Gasteiger partial charge in [0, 0.05) is 43.0 Å². The molecule has 2 saturated heterocycles. The molecule has 2 heterocycles. The Kier molecular flexibility index (Phi) is 8.81. The zero-order valence-electron chi connectivity index (χ0n) is 19.2. The van der Waals surface area contributed by atoms with Gasteiger partial charge in [-0.15, -0.1) is 0 Å². The van der Waals surface area contributed by atoms with E-state index in [0.29, 0.717) is 41.1 Å². The Morgan fingerprint density at radius 1 is 1.16 bits per heavy atom. The molecule has 0 aromatic heterocycles. The molecule has 2 aliphatic rings. The summed E-state index contributed by atoms with van der Waals surface area (Å²) in [5.41, 5.74) is 20.9. The van der Waals surface area contributed by atoms with Gasteiger partial charge in [0.05, 0.1) is 11.4 Å². The highest BCUT2D eigenvalue weighted by atomic mass is 16.3. The Balaban J connectivity index is 1.76. The molecule has 0 radical (unpaired) electrons. The Bertz CT molecular complexity index is 835. The number of phenols is 1. The van der Waals surface area contributed by atoms with E-state index < -0.39 is 0 Å². The normalized spacial score (nSPS) is 20.8. The average Bonchev–Trinajstić information content (AvgIpc) is 2.82. The predicted molar refractivity (Wildman–Crippen MR) is 132 cm³/mol. The summed E-state index contributed by atoms with van der Waals surface area (Å²) in [4.78, 5) is 6.99. The molecule has 9 N–H and O–H groups in total. The maximum Gasteiger partial charge on any atom is 0.144 e. The molecule has 0 saturated carbocycles. The van der Waals surface area contributed by atoms with E-state index in [9.17, 15) is 5.11 Å². The fraction of sp³-hybridized carbons (Fsp3) is 0.542. The number of aromatic hydroxyl groups is 1. The van der Waals surface area contributed by atoms with Crippen LogP contribution < -0.4 is 27.8 Å². The van der Waals surface area contributed by atoms with Crippen molar-refractivity contribution in [2.45, 2.75) is 51.1 Å². The number of nitrogens with zero attached hydrogens (tertiary/aromatic N) is 2. The summed E-state index contributed by atoms with van der Waals surface area (Å²) in [5, 5.41) is 17.2. The second-order valence-corrected chi connectivity index (χ2v) is 8.65. The molecule has 8 nitrogen and oxygen atoms in total. The lowest BCUT2D eigenvalue weighted by molar-refractivity contribution is 0.122. The monoisotopic (exact) mass is 441 g/mol. The minimum Gasteiger partial charge on any atom is -0.507 e. The first kappa shape index (κ1) is 23.9. The fourth-order valence-corrected chi connectivity index (χ4v) is 4.40. The second-order valence-electron chi connectivity index (χ2n) is 8.65. The molecule has 0 aliphatic carbocycles. The van der Waals surface area contributed by atoms with Crippen molar-refractivity contribution in [2.75, 3.05) is 32.7 Å². The Morgan fingerprint density at radius 3 is 2.50 bits per heavy atom. The molecule has 0 atom stereocenters. The van der Waals surface area contributed by atoms with Gasteiger partial charge in [-0.1, -0.05) is 19.1 Å². The molecule has 1 aromatic carbocycles. The van der Waals surface area contributed by atoms with E-state index in [4.69, 9.17) is 17.2 Å². The number of nitrogens with two attached hydrogens (primary N) is 3. The molecule has 1 aromatic rings. The number of benzene rings is 1. The highest BCUT2D eigenvalue weighted by molar-refractivity contribution is 5.97. The van der Waals surface area contributed by atoms with Crippen molar-refractivity contribution < 1.29 is 5.11 Å². The third kappa shape index (κ3) is 6.40. The number of amidine groups is 1. The van der Waals surface area contributed by atoms with Crippen molar-refractivity contribution in [3.8, 4) is 5.75 Å². The summed E-state index contributed by atoms with van der Waals surface area (Å²) in [6, 6.07) is 7.95. The third-order valence-corrected chi connectivity index (χ3v) is 6.30. The van der Waals surface area contributed by atoms with E-state index in [1.54, 1.807) is 24.3 Å². The van der Waals surface area contributed by atoms with Gasteiger partial charge in [-0.3, -0.25) is 4.99 Å². The standard InChI is InChI=1S/C24H39N7O/c1-2-11-29-24(27)23(26)21(16-20(25)19-5-3-4-6-22(19)32)30-17-9-14-31(15-10-17)18-7-12-28-13-8-18/h3-6,16-18,28,30,32H,2,7-15,25-26H2,1H3,(H2,27,29)/b20-16-,23-21+. The minimum atomic E-state index is 0.127. The maximum atomic E-state index is 10.2. The predicted octanol–water partition coefficient (Wildman–Crippen LogP) is 1.44. The van der Waals surface area contributed by atoms with Crippen LogP contribution in [0.3, 0.4) is 0 Å². The van der Waals surface area contributed by atoms with Crippen LogP contribution >= 0.6 is 0 Å². The van der Waals surface area contributed by atoms with Gasteiger partial charge in [0.15, 0.2) is 0 Å². The lowest BCUT2D eigenvalue weighted by Crippen LogP contribution is -2.49. The number of para-hydroxylation sites is 1. The van der Waals surface area contributed by atoms with Crippen molar-refractivity contribution in [1.82, 2.24) is 15.5 Å². The van der Waals surface area contributed by atoms with E-state index >= 15 is 0 Å². The van der Waals surface area contributed by atoms with Crippen LogP contribution in [0.1, 0.15) is 44.6 Å². The van der Waals surface area contributed by atoms with Crippen LogP contribution in [0.25, 0.3) is 5.70 Å². The molecular weight excluding hydrogens is 402 g/mol. The van der Waals surface area contributed by atoms with Crippen LogP contribution in [0.4, 0.5) is 0 Å². The largest absolute Gasteiger partial charge is 0.507 e. The van der Waals surface area contributed by atoms with Crippen LogP contribution in [0.15, 0.2) is 46.7 Å². The third-order valence-electron chi connectivity index (χ3n) is 6.30. The summed E-state index contributed by atoms with van der Waals surface area (Å²) in [6.45, 7) is 7.01.